The Hall–Kier alpha value is -1.44. The zero-order chi connectivity index (χ0) is 17.5. The molecule has 0 spiro atoms. The van der Waals surface area contributed by atoms with Crippen LogP contribution in [0.2, 0.25) is 0 Å². The summed E-state index contributed by atoms with van der Waals surface area (Å²) in [7, 11) is -3.88. The normalized spacial score (nSPS) is 25.5. The third-order valence-electron chi connectivity index (χ3n) is 4.57. The third-order valence-corrected chi connectivity index (χ3v) is 5.95. The van der Waals surface area contributed by atoms with Crippen molar-refractivity contribution in [2.45, 2.75) is 50.7 Å². The molecular formula is C16H24NO5S+. The Morgan fingerprint density at radius 2 is 1.83 bits per heavy atom. The van der Waals surface area contributed by atoms with Gasteiger partial charge in [0.05, 0.1) is 11.4 Å². The highest BCUT2D eigenvalue weighted by molar-refractivity contribution is 7.86. The van der Waals surface area contributed by atoms with Crippen LogP contribution in [-0.2, 0) is 14.3 Å². The van der Waals surface area contributed by atoms with Crippen LogP contribution in [0.15, 0.2) is 29.2 Å². The topological polar surface area (TPSA) is 80.7 Å². The van der Waals surface area contributed by atoms with Crippen molar-refractivity contribution in [1.29, 1.82) is 0 Å². The van der Waals surface area contributed by atoms with E-state index in [0.29, 0.717) is 13.0 Å². The Kier molecular flexibility index (Phi) is 4.58. The van der Waals surface area contributed by atoms with Crippen LogP contribution in [-0.4, -0.2) is 48.8 Å². The van der Waals surface area contributed by atoms with Gasteiger partial charge in [0, 0.05) is 6.42 Å². The second kappa shape index (κ2) is 5.89. The Labute approximate surface area is 137 Å². The Morgan fingerprint density at radius 1 is 1.26 bits per heavy atom. The molecule has 1 N–H and O–H groups in total. The van der Waals surface area contributed by atoms with Crippen molar-refractivity contribution in [3.05, 3.63) is 29.8 Å². The van der Waals surface area contributed by atoms with Gasteiger partial charge in [-0.2, -0.15) is 13.2 Å². The molecule has 2 atom stereocenters. The van der Waals surface area contributed by atoms with Crippen molar-refractivity contribution in [3.63, 3.8) is 0 Å². The van der Waals surface area contributed by atoms with Gasteiger partial charge in [-0.05, 0) is 39.8 Å². The molecule has 1 aromatic rings. The van der Waals surface area contributed by atoms with Crippen molar-refractivity contribution in [3.8, 4) is 0 Å². The monoisotopic (exact) mass is 342 g/mol. The first kappa shape index (κ1) is 17.9. The Balaban J connectivity index is 2.19. The maximum atomic E-state index is 12.4. The summed E-state index contributed by atoms with van der Waals surface area (Å²) in [5.41, 5.74) is 0.427. The molecule has 1 heterocycles. The first-order chi connectivity index (χ1) is 10.5. The van der Waals surface area contributed by atoms with E-state index in [4.69, 9.17) is 4.18 Å². The van der Waals surface area contributed by atoms with E-state index < -0.39 is 27.9 Å². The maximum absolute atomic E-state index is 12.4. The minimum Gasteiger partial charge on any atom is -0.435 e. The molecule has 1 aliphatic heterocycles. The summed E-state index contributed by atoms with van der Waals surface area (Å²) in [5.74, 6) is 0. The van der Waals surface area contributed by atoms with Gasteiger partial charge in [-0.15, -0.1) is 0 Å². The van der Waals surface area contributed by atoms with Gasteiger partial charge in [0.2, 0.25) is 0 Å². The standard InChI is InChI=1S/C16H23NO5S/c1-12-5-7-14(8-6-12)23(20,21)22-13-9-10-17(11-13,15(18)19)16(2,3)4/h5-8,13H,9-11H2,1-4H3/p+1/t13-,17?/m1/s1. The van der Waals surface area contributed by atoms with Gasteiger partial charge in [-0.3, -0.25) is 4.18 Å². The summed E-state index contributed by atoms with van der Waals surface area (Å²) in [5, 5.41) is 9.63. The van der Waals surface area contributed by atoms with Gasteiger partial charge < -0.3 is 5.11 Å². The quantitative estimate of drug-likeness (QED) is 0.675. The largest absolute Gasteiger partial charge is 0.514 e. The van der Waals surface area contributed by atoms with Crippen LogP contribution in [0, 0.1) is 6.92 Å². The SMILES string of the molecule is Cc1ccc(S(=O)(=O)O[C@@H]2CC[N+](C(=O)O)(C(C)(C)C)C2)cc1. The first-order valence-corrected chi connectivity index (χ1v) is 8.99. The van der Waals surface area contributed by atoms with E-state index in [-0.39, 0.29) is 15.9 Å². The zero-order valence-electron chi connectivity index (χ0n) is 13.9. The zero-order valence-corrected chi connectivity index (χ0v) is 14.8. The second-order valence-corrected chi connectivity index (χ2v) is 8.67. The fourth-order valence-electron chi connectivity index (χ4n) is 2.98. The molecule has 1 amide bonds. The number of benzene rings is 1. The molecule has 128 valence electrons. The van der Waals surface area contributed by atoms with Crippen molar-refractivity contribution < 1.29 is 27.0 Å². The summed E-state index contributed by atoms with van der Waals surface area (Å²) >= 11 is 0. The molecule has 0 saturated carbocycles. The number of amides is 1. The fourth-order valence-corrected chi connectivity index (χ4v) is 4.08. The highest BCUT2D eigenvalue weighted by Crippen LogP contribution is 2.34. The minimum absolute atomic E-state index is 0.0965. The lowest BCUT2D eigenvalue weighted by Crippen LogP contribution is -2.62. The maximum Gasteiger partial charge on any atom is 0.514 e. The first-order valence-electron chi connectivity index (χ1n) is 7.59. The van der Waals surface area contributed by atoms with Gasteiger partial charge in [-0.25, -0.2) is 4.48 Å². The van der Waals surface area contributed by atoms with Crippen LogP contribution < -0.4 is 0 Å². The van der Waals surface area contributed by atoms with Crippen molar-refractivity contribution >= 4 is 16.2 Å². The lowest BCUT2D eigenvalue weighted by Gasteiger charge is -2.40. The number of aryl methyl sites for hydroxylation is 1. The van der Waals surface area contributed by atoms with E-state index in [1.165, 1.54) is 12.1 Å². The second-order valence-electron chi connectivity index (χ2n) is 7.10. The molecule has 1 fully saturated rings. The molecule has 1 unspecified atom stereocenters. The average Bonchev–Trinajstić information content (AvgIpc) is 2.83. The molecule has 2 rings (SSSR count). The number of quaternary nitrogens is 1. The van der Waals surface area contributed by atoms with Crippen molar-refractivity contribution in [2.24, 2.45) is 0 Å². The molecule has 23 heavy (non-hydrogen) atoms. The van der Waals surface area contributed by atoms with Crippen LogP contribution in [0.25, 0.3) is 0 Å². The van der Waals surface area contributed by atoms with Crippen LogP contribution in [0.4, 0.5) is 4.79 Å². The highest BCUT2D eigenvalue weighted by Gasteiger charge is 2.54. The summed E-state index contributed by atoms with van der Waals surface area (Å²) in [6, 6.07) is 6.42. The summed E-state index contributed by atoms with van der Waals surface area (Å²) < 4.78 is 29.8. The van der Waals surface area contributed by atoms with E-state index in [9.17, 15) is 18.3 Å². The fraction of sp³-hybridized carbons (Fsp3) is 0.562. The van der Waals surface area contributed by atoms with Crippen LogP contribution in [0.1, 0.15) is 32.8 Å². The lowest BCUT2D eigenvalue weighted by atomic mass is 10.0. The molecule has 1 aliphatic rings. The summed E-state index contributed by atoms with van der Waals surface area (Å²) in [6.07, 6.45) is -1.18. The highest BCUT2D eigenvalue weighted by atomic mass is 32.2. The number of hydrogen-bond donors (Lipinski definition) is 1. The van der Waals surface area contributed by atoms with Crippen LogP contribution in [0.5, 0.6) is 0 Å². The molecular weight excluding hydrogens is 318 g/mol. The summed E-state index contributed by atoms with van der Waals surface area (Å²) in [6.45, 7) is 7.90. The predicted octanol–water partition coefficient (Wildman–Crippen LogP) is 2.77. The number of nitrogens with zero attached hydrogens (tertiary/aromatic N) is 1. The molecule has 0 bridgehead atoms. The van der Waals surface area contributed by atoms with E-state index in [1.54, 1.807) is 12.1 Å². The smallest absolute Gasteiger partial charge is 0.435 e. The number of hydrogen-bond acceptors (Lipinski definition) is 4. The van der Waals surface area contributed by atoms with E-state index >= 15 is 0 Å². The van der Waals surface area contributed by atoms with Gasteiger partial charge in [0.15, 0.2) is 0 Å². The Bertz CT molecular complexity index is 690. The molecule has 1 aromatic carbocycles. The van der Waals surface area contributed by atoms with Gasteiger partial charge in [-0.1, -0.05) is 17.7 Å². The summed E-state index contributed by atoms with van der Waals surface area (Å²) in [4.78, 5) is 11.9. The molecule has 1 saturated heterocycles. The van der Waals surface area contributed by atoms with Crippen molar-refractivity contribution in [1.82, 2.24) is 0 Å². The Morgan fingerprint density at radius 3 is 2.26 bits per heavy atom. The van der Waals surface area contributed by atoms with Crippen LogP contribution in [0.3, 0.4) is 0 Å². The molecule has 7 heteroatoms. The van der Waals surface area contributed by atoms with E-state index in [0.717, 1.165) is 5.56 Å². The number of rotatable bonds is 3. The van der Waals surface area contributed by atoms with Gasteiger partial charge >= 0.3 is 6.09 Å². The average molecular weight is 342 g/mol. The molecule has 0 radical (unpaired) electrons. The molecule has 0 aromatic heterocycles. The minimum atomic E-state index is -3.88. The number of carboxylic acid groups (broad SMARTS) is 1. The van der Waals surface area contributed by atoms with Gasteiger partial charge in [0.25, 0.3) is 10.1 Å². The number of likely N-dealkylation sites (tertiary alicyclic amines) is 1. The molecule has 0 aliphatic carbocycles. The lowest BCUT2D eigenvalue weighted by molar-refractivity contribution is -0.893. The predicted molar refractivity (Wildman–Crippen MR) is 85.6 cm³/mol. The van der Waals surface area contributed by atoms with Crippen molar-refractivity contribution in [2.75, 3.05) is 13.1 Å². The third kappa shape index (κ3) is 3.41. The van der Waals surface area contributed by atoms with E-state index in [2.05, 4.69) is 0 Å². The van der Waals surface area contributed by atoms with E-state index in [1.807, 2.05) is 27.7 Å². The van der Waals surface area contributed by atoms with Crippen LogP contribution >= 0.6 is 0 Å². The van der Waals surface area contributed by atoms with Gasteiger partial charge in [0.1, 0.15) is 18.2 Å². The molecule has 6 nitrogen and oxygen atoms in total. The number of carbonyl (C=O) groups is 1.